The number of hydrogen-bond acceptors (Lipinski definition) is 3. The Morgan fingerprint density at radius 3 is 2.67 bits per heavy atom. The molecule has 6 heteroatoms. The number of aliphatic hydroxyl groups is 1. The number of aliphatic hydroxyl groups excluding tert-OH is 1. The van der Waals surface area contributed by atoms with Crippen LogP contribution in [0, 0.1) is 5.92 Å². The lowest BCUT2D eigenvalue weighted by atomic mass is 10.1. The van der Waals surface area contributed by atoms with E-state index < -0.39 is 5.92 Å². The number of likely N-dealkylation sites (N-methyl/N-ethyl adjacent to an activating group) is 1. The fraction of sp³-hybridized carbons (Fsp3) is 0.467. The van der Waals surface area contributed by atoms with Crippen molar-refractivity contribution in [3.8, 4) is 0 Å². The summed E-state index contributed by atoms with van der Waals surface area (Å²) in [7, 11) is 1.61. The van der Waals surface area contributed by atoms with Crippen molar-refractivity contribution < 1.29 is 14.7 Å². The number of anilines is 1. The lowest BCUT2D eigenvalue weighted by Gasteiger charge is -2.25. The van der Waals surface area contributed by atoms with Gasteiger partial charge in [-0.1, -0.05) is 11.6 Å². The van der Waals surface area contributed by atoms with E-state index in [-0.39, 0.29) is 24.5 Å². The molecule has 1 N–H and O–H groups in total. The molecule has 2 rings (SSSR count). The third kappa shape index (κ3) is 3.19. The van der Waals surface area contributed by atoms with E-state index in [1.807, 2.05) is 0 Å². The Kier molecular flexibility index (Phi) is 4.85. The van der Waals surface area contributed by atoms with Gasteiger partial charge in [0.05, 0.1) is 12.6 Å². The van der Waals surface area contributed by atoms with Crippen LogP contribution in [-0.4, -0.2) is 48.1 Å². The quantitative estimate of drug-likeness (QED) is 0.858. The predicted molar refractivity (Wildman–Crippen MR) is 81.2 cm³/mol. The number of rotatable bonds is 4. The van der Waals surface area contributed by atoms with Crippen molar-refractivity contribution in [3.63, 3.8) is 0 Å². The van der Waals surface area contributed by atoms with Crippen molar-refractivity contribution in [1.29, 1.82) is 0 Å². The number of carbonyl (C=O) groups excluding carboxylic acids is 2. The molecular formula is C15H19ClN2O3. The van der Waals surface area contributed by atoms with Crippen LogP contribution in [-0.2, 0) is 9.59 Å². The van der Waals surface area contributed by atoms with E-state index in [1.54, 1.807) is 43.1 Å². The lowest BCUT2D eigenvalue weighted by Crippen LogP contribution is -2.43. The largest absolute Gasteiger partial charge is 0.394 e. The van der Waals surface area contributed by atoms with Gasteiger partial charge in [-0.15, -0.1) is 0 Å². The summed E-state index contributed by atoms with van der Waals surface area (Å²) < 4.78 is 0. The van der Waals surface area contributed by atoms with Crippen molar-refractivity contribution in [1.82, 2.24) is 4.90 Å². The predicted octanol–water partition coefficient (Wildman–Crippen LogP) is 1.53. The Morgan fingerprint density at radius 1 is 1.48 bits per heavy atom. The average Bonchev–Trinajstić information content (AvgIpc) is 2.87. The number of carbonyl (C=O) groups is 2. The summed E-state index contributed by atoms with van der Waals surface area (Å²) in [5.74, 6) is -1.10. The van der Waals surface area contributed by atoms with Crippen LogP contribution in [0.3, 0.4) is 0 Å². The molecule has 2 amide bonds. The maximum atomic E-state index is 12.4. The Hall–Kier alpha value is -1.59. The maximum absolute atomic E-state index is 12.4. The number of nitrogens with zero attached hydrogens (tertiary/aromatic N) is 2. The Balaban J connectivity index is 2.11. The minimum absolute atomic E-state index is 0.121. The fourth-order valence-electron chi connectivity index (χ4n) is 2.37. The molecule has 1 aromatic rings. The van der Waals surface area contributed by atoms with Crippen LogP contribution in [0.25, 0.3) is 0 Å². The van der Waals surface area contributed by atoms with Gasteiger partial charge in [0.1, 0.15) is 5.92 Å². The van der Waals surface area contributed by atoms with Gasteiger partial charge in [-0.05, 0) is 37.6 Å². The molecule has 1 heterocycles. The molecule has 1 fully saturated rings. The molecule has 2 atom stereocenters. The minimum Gasteiger partial charge on any atom is -0.394 e. The molecule has 21 heavy (non-hydrogen) atoms. The smallest absolute Gasteiger partial charge is 0.239 e. The summed E-state index contributed by atoms with van der Waals surface area (Å²) >= 11 is 5.84. The highest BCUT2D eigenvalue weighted by atomic mass is 35.5. The molecule has 0 aromatic heterocycles. The lowest BCUT2D eigenvalue weighted by molar-refractivity contribution is -0.140. The number of benzene rings is 1. The normalized spacial score (nSPS) is 19.7. The molecule has 1 saturated heterocycles. The molecule has 114 valence electrons. The third-order valence-electron chi connectivity index (χ3n) is 3.91. The molecule has 5 nitrogen and oxygen atoms in total. The summed E-state index contributed by atoms with van der Waals surface area (Å²) in [6, 6.07) is 6.69. The highest BCUT2D eigenvalue weighted by Crippen LogP contribution is 2.27. The highest BCUT2D eigenvalue weighted by Gasteiger charge is 2.39. The van der Waals surface area contributed by atoms with E-state index in [9.17, 15) is 9.59 Å². The molecule has 0 bridgehead atoms. The fourth-order valence-corrected chi connectivity index (χ4v) is 2.50. The van der Waals surface area contributed by atoms with Gasteiger partial charge in [0.2, 0.25) is 11.8 Å². The molecule has 2 unspecified atom stereocenters. The van der Waals surface area contributed by atoms with Crippen molar-refractivity contribution in [2.24, 2.45) is 5.92 Å². The SMILES string of the molecule is CC(CO)N(C)C(=O)C1CCN(c2ccc(Cl)cc2)C1=O. The third-order valence-corrected chi connectivity index (χ3v) is 4.17. The summed E-state index contributed by atoms with van der Waals surface area (Å²) in [4.78, 5) is 27.8. The monoisotopic (exact) mass is 310 g/mol. The Bertz CT molecular complexity index is 532. The van der Waals surface area contributed by atoms with Crippen LogP contribution >= 0.6 is 11.6 Å². The van der Waals surface area contributed by atoms with Gasteiger partial charge >= 0.3 is 0 Å². The van der Waals surface area contributed by atoms with Gasteiger partial charge < -0.3 is 14.9 Å². The zero-order valence-corrected chi connectivity index (χ0v) is 12.9. The molecule has 1 aliphatic heterocycles. The second-order valence-corrected chi connectivity index (χ2v) is 5.72. The average molecular weight is 311 g/mol. The molecule has 0 saturated carbocycles. The van der Waals surface area contributed by atoms with Crippen molar-refractivity contribution >= 4 is 29.1 Å². The molecule has 1 aromatic carbocycles. The zero-order chi connectivity index (χ0) is 15.6. The number of hydrogen-bond donors (Lipinski definition) is 1. The van der Waals surface area contributed by atoms with Crippen molar-refractivity contribution in [3.05, 3.63) is 29.3 Å². The topological polar surface area (TPSA) is 60.9 Å². The van der Waals surface area contributed by atoms with E-state index >= 15 is 0 Å². The molecule has 0 radical (unpaired) electrons. The summed E-state index contributed by atoms with van der Waals surface area (Å²) in [6.07, 6.45) is 0.489. The van der Waals surface area contributed by atoms with Crippen LogP contribution < -0.4 is 4.90 Å². The van der Waals surface area contributed by atoms with Crippen LogP contribution in [0.15, 0.2) is 24.3 Å². The maximum Gasteiger partial charge on any atom is 0.239 e. The summed E-state index contributed by atoms with van der Waals surface area (Å²) in [5, 5.41) is 9.72. The number of amides is 2. The first-order valence-electron chi connectivity index (χ1n) is 6.90. The second-order valence-electron chi connectivity index (χ2n) is 5.29. The molecule has 0 spiro atoms. The van der Waals surface area contributed by atoms with E-state index in [1.165, 1.54) is 4.90 Å². The Labute approximate surface area is 129 Å². The van der Waals surface area contributed by atoms with Gasteiger partial charge in [0.15, 0.2) is 0 Å². The van der Waals surface area contributed by atoms with Crippen molar-refractivity contribution in [2.45, 2.75) is 19.4 Å². The van der Waals surface area contributed by atoms with E-state index in [0.29, 0.717) is 18.0 Å². The first-order chi connectivity index (χ1) is 9.95. The van der Waals surface area contributed by atoms with Gasteiger partial charge in [-0.2, -0.15) is 0 Å². The van der Waals surface area contributed by atoms with E-state index in [2.05, 4.69) is 0 Å². The first kappa shape index (κ1) is 15.8. The molecule has 0 aliphatic carbocycles. The van der Waals surface area contributed by atoms with E-state index in [0.717, 1.165) is 5.69 Å². The van der Waals surface area contributed by atoms with Crippen LogP contribution in [0.5, 0.6) is 0 Å². The molecular weight excluding hydrogens is 292 g/mol. The second kappa shape index (κ2) is 6.45. The van der Waals surface area contributed by atoms with Crippen LogP contribution in [0.2, 0.25) is 5.02 Å². The van der Waals surface area contributed by atoms with Gasteiger partial charge in [0, 0.05) is 24.3 Å². The summed E-state index contributed by atoms with van der Waals surface area (Å²) in [6.45, 7) is 2.14. The Morgan fingerprint density at radius 2 is 2.10 bits per heavy atom. The van der Waals surface area contributed by atoms with Crippen LogP contribution in [0.4, 0.5) is 5.69 Å². The molecule has 1 aliphatic rings. The van der Waals surface area contributed by atoms with Gasteiger partial charge in [-0.3, -0.25) is 9.59 Å². The van der Waals surface area contributed by atoms with E-state index in [4.69, 9.17) is 16.7 Å². The van der Waals surface area contributed by atoms with Crippen molar-refractivity contribution in [2.75, 3.05) is 25.1 Å². The standard InChI is InChI=1S/C15H19ClN2O3/c1-10(9-19)17(2)14(20)13-7-8-18(15(13)21)12-5-3-11(16)4-6-12/h3-6,10,13,19H,7-9H2,1-2H3. The summed E-state index contributed by atoms with van der Waals surface area (Å²) in [5.41, 5.74) is 0.748. The number of halogens is 1. The van der Waals surface area contributed by atoms with Crippen LogP contribution in [0.1, 0.15) is 13.3 Å². The zero-order valence-electron chi connectivity index (χ0n) is 12.1. The van der Waals surface area contributed by atoms with Gasteiger partial charge in [0.25, 0.3) is 0 Å². The first-order valence-corrected chi connectivity index (χ1v) is 7.28. The highest BCUT2D eigenvalue weighted by molar-refractivity contribution is 6.30. The van der Waals surface area contributed by atoms with Gasteiger partial charge in [-0.25, -0.2) is 0 Å². The minimum atomic E-state index is -0.667.